The SMILES string of the molecule is O=S1(=O)CCCCC1Oc1cnn(-c2ccccc2)c1. The van der Waals surface area contributed by atoms with E-state index in [2.05, 4.69) is 5.10 Å². The Morgan fingerprint density at radius 3 is 2.75 bits per heavy atom. The Balaban J connectivity index is 1.78. The first-order chi connectivity index (χ1) is 9.65. The second-order valence-electron chi connectivity index (χ2n) is 4.87. The molecule has 0 bridgehead atoms. The van der Waals surface area contributed by atoms with Crippen molar-refractivity contribution in [2.45, 2.75) is 24.7 Å². The van der Waals surface area contributed by atoms with Gasteiger partial charge in [0.25, 0.3) is 0 Å². The van der Waals surface area contributed by atoms with Gasteiger partial charge in [0, 0.05) is 0 Å². The molecule has 2 aromatic rings. The first-order valence-electron chi connectivity index (χ1n) is 6.63. The third-order valence-electron chi connectivity index (χ3n) is 3.37. The van der Waals surface area contributed by atoms with Gasteiger partial charge in [-0.25, -0.2) is 13.1 Å². The third kappa shape index (κ3) is 2.70. The molecule has 1 aliphatic rings. The molecule has 0 radical (unpaired) electrons. The molecule has 0 spiro atoms. The van der Waals surface area contributed by atoms with E-state index in [1.165, 1.54) is 0 Å². The van der Waals surface area contributed by atoms with Crippen molar-refractivity contribution in [2.75, 3.05) is 5.75 Å². The minimum atomic E-state index is -3.14. The van der Waals surface area contributed by atoms with Gasteiger partial charge in [0.1, 0.15) is 0 Å². The summed E-state index contributed by atoms with van der Waals surface area (Å²) in [5.41, 5.74) is 0.179. The first-order valence-corrected chi connectivity index (χ1v) is 8.35. The molecule has 0 N–H and O–H groups in total. The Morgan fingerprint density at radius 1 is 1.20 bits per heavy atom. The van der Waals surface area contributed by atoms with Gasteiger partial charge < -0.3 is 4.74 Å². The van der Waals surface area contributed by atoms with E-state index in [4.69, 9.17) is 4.74 Å². The van der Waals surface area contributed by atoms with Crippen molar-refractivity contribution >= 4 is 9.84 Å². The maximum absolute atomic E-state index is 11.9. The topological polar surface area (TPSA) is 61.2 Å². The van der Waals surface area contributed by atoms with Crippen LogP contribution in [0.1, 0.15) is 19.3 Å². The molecule has 2 heterocycles. The quantitative estimate of drug-likeness (QED) is 0.870. The average molecular weight is 292 g/mol. The van der Waals surface area contributed by atoms with Gasteiger partial charge in [0.2, 0.25) is 0 Å². The molecule has 0 aliphatic carbocycles. The van der Waals surface area contributed by atoms with E-state index >= 15 is 0 Å². The number of benzene rings is 1. The van der Waals surface area contributed by atoms with Crippen molar-refractivity contribution in [2.24, 2.45) is 0 Å². The minimum absolute atomic E-state index is 0.213. The Labute approximate surface area is 118 Å². The van der Waals surface area contributed by atoms with Crippen LogP contribution in [0.2, 0.25) is 0 Å². The van der Waals surface area contributed by atoms with Gasteiger partial charge in [-0.1, -0.05) is 18.2 Å². The van der Waals surface area contributed by atoms with Crippen molar-refractivity contribution in [3.05, 3.63) is 42.7 Å². The number of rotatable bonds is 3. The number of nitrogens with zero attached hydrogens (tertiary/aromatic N) is 2. The van der Waals surface area contributed by atoms with Crippen LogP contribution < -0.4 is 4.74 Å². The molecule has 1 saturated heterocycles. The maximum atomic E-state index is 11.9. The number of sulfone groups is 1. The highest BCUT2D eigenvalue weighted by Crippen LogP contribution is 2.23. The molecule has 0 saturated carbocycles. The van der Waals surface area contributed by atoms with E-state index in [9.17, 15) is 8.42 Å². The number of hydrogen-bond donors (Lipinski definition) is 0. The molecule has 1 unspecified atom stereocenters. The summed E-state index contributed by atoms with van der Waals surface area (Å²) in [5.74, 6) is 0.703. The van der Waals surface area contributed by atoms with Crippen LogP contribution in [0.15, 0.2) is 42.7 Å². The normalized spacial score (nSPS) is 21.5. The van der Waals surface area contributed by atoms with Crippen LogP contribution in [0.5, 0.6) is 5.75 Å². The van der Waals surface area contributed by atoms with E-state index in [1.54, 1.807) is 17.1 Å². The molecule has 1 aromatic carbocycles. The van der Waals surface area contributed by atoms with Gasteiger partial charge in [-0.2, -0.15) is 5.10 Å². The number of hydrogen-bond acceptors (Lipinski definition) is 4. The van der Waals surface area contributed by atoms with E-state index in [0.29, 0.717) is 12.2 Å². The van der Waals surface area contributed by atoms with Crippen molar-refractivity contribution in [3.63, 3.8) is 0 Å². The monoisotopic (exact) mass is 292 g/mol. The summed E-state index contributed by atoms with van der Waals surface area (Å²) in [6.07, 6.45) is 5.43. The predicted molar refractivity (Wildman–Crippen MR) is 75.6 cm³/mol. The van der Waals surface area contributed by atoms with Crippen LogP contribution in [-0.2, 0) is 9.84 Å². The maximum Gasteiger partial charge on any atom is 0.199 e. The van der Waals surface area contributed by atoms with Crippen molar-refractivity contribution in [3.8, 4) is 11.4 Å². The molecule has 106 valence electrons. The molecular formula is C14H16N2O3S. The summed E-state index contributed by atoms with van der Waals surface area (Å²) in [6, 6.07) is 9.62. The fourth-order valence-electron chi connectivity index (χ4n) is 2.30. The molecule has 1 aromatic heterocycles. The second kappa shape index (κ2) is 5.28. The number of aromatic nitrogens is 2. The average Bonchev–Trinajstić information content (AvgIpc) is 2.91. The van der Waals surface area contributed by atoms with Gasteiger partial charge in [-0.3, -0.25) is 0 Å². The van der Waals surface area contributed by atoms with Crippen molar-refractivity contribution < 1.29 is 13.2 Å². The van der Waals surface area contributed by atoms with Crippen LogP contribution in [0.3, 0.4) is 0 Å². The van der Waals surface area contributed by atoms with Crippen molar-refractivity contribution in [1.29, 1.82) is 0 Å². The van der Waals surface area contributed by atoms with E-state index in [0.717, 1.165) is 18.5 Å². The Morgan fingerprint density at radius 2 is 2.00 bits per heavy atom. The molecule has 5 nitrogen and oxygen atoms in total. The molecular weight excluding hydrogens is 276 g/mol. The predicted octanol–water partition coefficient (Wildman–Crippen LogP) is 2.18. The highest BCUT2D eigenvalue weighted by Gasteiger charge is 2.30. The lowest BCUT2D eigenvalue weighted by Crippen LogP contribution is -2.33. The summed E-state index contributed by atoms with van der Waals surface area (Å²) in [4.78, 5) is 0. The molecule has 1 atom stereocenters. The molecule has 6 heteroatoms. The van der Waals surface area contributed by atoms with E-state index in [-0.39, 0.29) is 5.75 Å². The Hall–Kier alpha value is -1.82. The van der Waals surface area contributed by atoms with Crippen LogP contribution >= 0.6 is 0 Å². The number of ether oxygens (including phenoxy) is 1. The summed E-state index contributed by atoms with van der Waals surface area (Å²) in [5, 5.41) is 4.20. The zero-order chi connectivity index (χ0) is 14.0. The van der Waals surface area contributed by atoms with Crippen LogP contribution in [0, 0.1) is 0 Å². The number of para-hydroxylation sites is 1. The molecule has 1 aliphatic heterocycles. The molecule has 20 heavy (non-hydrogen) atoms. The largest absolute Gasteiger partial charge is 0.471 e. The minimum Gasteiger partial charge on any atom is -0.471 e. The van der Waals surface area contributed by atoms with Crippen molar-refractivity contribution in [1.82, 2.24) is 9.78 Å². The molecule has 3 rings (SSSR count). The van der Waals surface area contributed by atoms with E-state index < -0.39 is 15.3 Å². The standard InChI is InChI=1S/C14H16N2O3S/c17-20(18)9-5-4-8-14(20)19-13-10-15-16(11-13)12-6-2-1-3-7-12/h1-3,6-7,10-11,14H,4-5,8-9H2. The highest BCUT2D eigenvalue weighted by molar-refractivity contribution is 7.91. The fraction of sp³-hybridized carbons (Fsp3) is 0.357. The Bertz CT molecular complexity index is 679. The van der Waals surface area contributed by atoms with Crippen LogP contribution in [0.25, 0.3) is 5.69 Å². The van der Waals surface area contributed by atoms with Crippen LogP contribution in [0.4, 0.5) is 0 Å². The molecule has 1 fully saturated rings. The van der Waals surface area contributed by atoms with Gasteiger partial charge >= 0.3 is 0 Å². The van der Waals surface area contributed by atoms with E-state index in [1.807, 2.05) is 30.3 Å². The van der Waals surface area contributed by atoms with Crippen LogP contribution in [-0.4, -0.2) is 29.4 Å². The first kappa shape index (κ1) is 13.2. The molecule has 0 amide bonds. The van der Waals surface area contributed by atoms with Gasteiger partial charge in [-0.05, 0) is 31.4 Å². The summed E-state index contributed by atoms with van der Waals surface area (Å²) >= 11 is 0. The fourth-order valence-corrected chi connectivity index (χ4v) is 3.95. The summed E-state index contributed by atoms with van der Waals surface area (Å²) in [6.45, 7) is 0. The zero-order valence-corrected chi connectivity index (χ0v) is 11.8. The van der Waals surface area contributed by atoms with Gasteiger partial charge in [0.15, 0.2) is 21.0 Å². The highest BCUT2D eigenvalue weighted by atomic mass is 32.2. The Kier molecular flexibility index (Phi) is 3.48. The van der Waals surface area contributed by atoms with Gasteiger partial charge in [-0.15, -0.1) is 0 Å². The lowest BCUT2D eigenvalue weighted by Gasteiger charge is -2.22. The lowest BCUT2D eigenvalue weighted by atomic mass is 10.2. The summed E-state index contributed by atoms with van der Waals surface area (Å²) < 4.78 is 31.1. The smallest absolute Gasteiger partial charge is 0.199 e. The summed E-state index contributed by atoms with van der Waals surface area (Å²) in [7, 11) is -3.14. The zero-order valence-electron chi connectivity index (χ0n) is 11.0. The second-order valence-corrected chi connectivity index (χ2v) is 7.13. The lowest BCUT2D eigenvalue weighted by molar-refractivity contribution is 0.252. The van der Waals surface area contributed by atoms with Gasteiger partial charge in [0.05, 0.1) is 23.8 Å². The third-order valence-corrected chi connectivity index (χ3v) is 5.36.